The standard InChI is InChI=1S/C13H24N2O2/c1-13(2,3)17-12(16)15-11-7-8-4-5-9(11)10(14)6-8/h8-11H,4-7,14H2,1-3H3,(H,15,16)/t8-,9+,10-,11+/m0/s1. The molecule has 1 amide bonds. The van der Waals surface area contributed by atoms with Crippen LogP contribution >= 0.6 is 0 Å². The van der Waals surface area contributed by atoms with Gasteiger partial charge in [0, 0.05) is 12.1 Å². The average Bonchev–Trinajstić information content (AvgIpc) is 2.14. The van der Waals surface area contributed by atoms with Crippen LogP contribution in [0.15, 0.2) is 0 Å². The van der Waals surface area contributed by atoms with Gasteiger partial charge >= 0.3 is 6.09 Å². The lowest BCUT2D eigenvalue weighted by Gasteiger charge is -2.46. The molecular weight excluding hydrogens is 216 g/mol. The molecule has 4 atom stereocenters. The number of nitrogens with two attached hydrogens (primary N) is 1. The van der Waals surface area contributed by atoms with Crippen molar-refractivity contribution in [3.05, 3.63) is 0 Å². The second-order valence-electron chi connectivity index (χ2n) is 6.50. The average molecular weight is 240 g/mol. The monoisotopic (exact) mass is 240 g/mol. The summed E-state index contributed by atoms with van der Waals surface area (Å²) in [5, 5.41) is 3.00. The first-order chi connectivity index (χ1) is 7.85. The molecule has 0 aromatic carbocycles. The Morgan fingerprint density at radius 3 is 2.53 bits per heavy atom. The Morgan fingerprint density at radius 1 is 1.29 bits per heavy atom. The number of amides is 1. The van der Waals surface area contributed by atoms with Crippen molar-refractivity contribution in [3.63, 3.8) is 0 Å². The largest absolute Gasteiger partial charge is 0.444 e. The van der Waals surface area contributed by atoms with Crippen LogP contribution in [0.4, 0.5) is 4.79 Å². The number of carbonyl (C=O) groups is 1. The van der Waals surface area contributed by atoms with E-state index in [1.165, 1.54) is 6.42 Å². The SMILES string of the molecule is CC(C)(C)OC(=O)N[C@@H]1C[C@H]2CC[C@@H]1[C@@H](N)C2. The lowest BCUT2D eigenvalue weighted by atomic mass is 9.65. The molecule has 0 radical (unpaired) electrons. The maximum absolute atomic E-state index is 11.7. The van der Waals surface area contributed by atoms with E-state index in [0.717, 1.165) is 19.3 Å². The molecule has 4 heteroatoms. The van der Waals surface area contributed by atoms with E-state index in [-0.39, 0.29) is 18.2 Å². The zero-order valence-corrected chi connectivity index (χ0v) is 11.0. The van der Waals surface area contributed by atoms with Crippen molar-refractivity contribution >= 4 is 6.09 Å². The van der Waals surface area contributed by atoms with Crippen LogP contribution < -0.4 is 11.1 Å². The Balaban J connectivity index is 1.89. The third-order valence-electron chi connectivity index (χ3n) is 3.87. The van der Waals surface area contributed by atoms with E-state index in [9.17, 15) is 4.79 Å². The van der Waals surface area contributed by atoms with Crippen molar-refractivity contribution in [3.8, 4) is 0 Å². The third-order valence-corrected chi connectivity index (χ3v) is 3.87. The summed E-state index contributed by atoms with van der Waals surface area (Å²) in [6.07, 6.45) is 4.30. The van der Waals surface area contributed by atoms with Gasteiger partial charge in [0.15, 0.2) is 0 Å². The first kappa shape index (κ1) is 12.7. The minimum atomic E-state index is -0.431. The Bertz CT molecular complexity index is 298. The van der Waals surface area contributed by atoms with Gasteiger partial charge in [-0.15, -0.1) is 0 Å². The second-order valence-corrected chi connectivity index (χ2v) is 6.50. The number of hydrogen-bond donors (Lipinski definition) is 2. The number of rotatable bonds is 1. The molecule has 3 saturated carbocycles. The Morgan fingerprint density at radius 2 is 2.00 bits per heavy atom. The summed E-state index contributed by atoms with van der Waals surface area (Å²) in [5.41, 5.74) is 5.69. The maximum atomic E-state index is 11.7. The van der Waals surface area contributed by atoms with E-state index in [2.05, 4.69) is 5.32 Å². The zero-order valence-electron chi connectivity index (χ0n) is 11.0. The van der Waals surface area contributed by atoms with Crippen molar-refractivity contribution in [2.75, 3.05) is 0 Å². The zero-order chi connectivity index (χ0) is 12.6. The minimum Gasteiger partial charge on any atom is -0.444 e. The molecule has 0 saturated heterocycles. The summed E-state index contributed by atoms with van der Waals surface area (Å²) in [7, 11) is 0. The van der Waals surface area contributed by atoms with Crippen LogP contribution in [0.25, 0.3) is 0 Å². The van der Waals surface area contributed by atoms with Gasteiger partial charge in [-0.3, -0.25) is 0 Å². The van der Waals surface area contributed by atoms with Gasteiger partial charge in [-0.05, 0) is 58.3 Å². The smallest absolute Gasteiger partial charge is 0.407 e. The minimum absolute atomic E-state index is 0.215. The van der Waals surface area contributed by atoms with Crippen LogP contribution in [-0.2, 0) is 4.74 Å². The number of nitrogens with one attached hydrogen (secondary N) is 1. The number of hydrogen-bond acceptors (Lipinski definition) is 3. The highest BCUT2D eigenvalue weighted by Crippen LogP contribution is 2.40. The van der Waals surface area contributed by atoms with Crippen molar-refractivity contribution in [1.82, 2.24) is 5.32 Å². The molecule has 17 heavy (non-hydrogen) atoms. The summed E-state index contributed by atoms with van der Waals surface area (Å²) in [4.78, 5) is 11.7. The molecule has 0 unspecified atom stereocenters. The van der Waals surface area contributed by atoms with Gasteiger partial charge in [-0.1, -0.05) is 0 Å². The third kappa shape index (κ3) is 3.12. The first-order valence-corrected chi connectivity index (χ1v) is 6.60. The van der Waals surface area contributed by atoms with E-state index < -0.39 is 5.60 Å². The molecule has 3 N–H and O–H groups in total. The van der Waals surface area contributed by atoms with E-state index >= 15 is 0 Å². The molecule has 3 aliphatic rings. The quantitative estimate of drug-likeness (QED) is 0.737. The van der Waals surface area contributed by atoms with Crippen LogP contribution in [0.2, 0.25) is 0 Å². The molecule has 0 aromatic heterocycles. The topological polar surface area (TPSA) is 64.3 Å². The predicted octanol–water partition coefficient (Wildman–Crippen LogP) is 2.03. The molecule has 3 rings (SSSR count). The van der Waals surface area contributed by atoms with Crippen LogP contribution in [0, 0.1) is 11.8 Å². The van der Waals surface area contributed by atoms with E-state index in [1.54, 1.807) is 0 Å². The highest BCUT2D eigenvalue weighted by Gasteiger charge is 2.41. The lowest BCUT2D eigenvalue weighted by molar-refractivity contribution is 0.0373. The fraction of sp³-hybridized carbons (Fsp3) is 0.923. The van der Waals surface area contributed by atoms with Gasteiger partial charge in [0.1, 0.15) is 5.60 Å². The number of fused-ring (bicyclic) bond motifs is 3. The molecule has 3 aliphatic carbocycles. The van der Waals surface area contributed by atoms with Gasteiger partial charge in [-0.25, -0.2) is 4.79 Å². The van der Waals surface area contributed by atoms with Crippen LogP contribution in [-0.4, -0.2) is 23.8 Å². The van der Waals surface area contributed by atoms with Gasteiger partial charge in [0.25, 0.3) is 0 Å². The molecule has 0 heterocycles. The molecule has 4 nitrogen and oxygen atoms in total. The van der Waals surface area contributed by atoms with Crippen molar-refractivity contribution in [2.45, 2.75) is 64.1 Å². The van der Waals surface area contributed by atoms with Crippen molar-refractivity contribution in [1.29, 1.82) is 0 Å². The molecule has 0 aliphatic heterocycles. The summed E-state index contributed by atoms with van der Waals surface area (Å²) in [6, 6.07) is 0.467. The van der Waals surface area contributed by atoms with Crippen LogP contribution in [0.5, 0.6) is 0 Å². The fourth-order valence-electron chi connectivity index (χ4n) is 3.19. The molecule has 98 valence electrons. The van der Waals surface area contributed by atoms with Crippen molar-refractivity contribution < 1.29 is 9.53 Å². The molecule has 0 aromatic rings. The number of ether oxygens (including phenoxy) is 1. The number of carbonyl (C=O) groups excluding carboxylic acids is 1. The highest BCUT2D eigenvalue weighted by molar-refractivity contribution is 5.68. The second kappa shape index (κ2) is 4.48. The maximum Gasteiger partial charge on any atom is 0.407 e. The Hall–Kier alpha value is -0.770. The Labute approximate surface area is 103 Å². The summed E-state index contributed by atoms with van der Waals surface area (Å²) in [6.45, 7) is 5.64. The van der Waals surface area contributed by atoms with E-state index in [0.29, 0.717) is 11.8 Å². The number of alkyl carbamates (subject to hydrolysis) is 1. The highest BCUT2D eigenvalue weighted by atomic mass is 16.6. The van der Waals surface area contributed by atoms with Crippen LogP contribution in [0.3, 0.4) is 0 Å². The van der Waals surface area contributed by atoms with Gasteiger partial charge in [0.05, 0.1) is 0 Å². The van der Waals surface area contributed by atoms with Gasteiger partial charge in [-0.2, -0.15) is 0 Å². The summed E-state index contributed by atoms with van der Waals surface area (Å²) in [5.74, 6) is 1.13. The Kier molecular flexibility index (Phi) is 3.34. The first-order valence-electron chi connectivity index (χ1n) is 6.60. The normalized spacial score (nSPS) is 36.7. The van der Waals surface area contributed by atoms with E-state index in [4.69, 9.17) is 10.5 Å². The van der Waals surface area contributed by atoms with Crippen molar-refractivity contribution in [2.24, 2.45) is 17.6 Å². The predicted molar refractivity (Wildman–Crippen MR) is 66.6 cm³/mol. The molecular formula is C13H24N2O2. The van der Waals surface area contributed by atoms with E-state index in [1.807, 2.05) is 20.8 Å². The summed E-state index contributed by atoms with van der Waals surface area (Å²) < 4.78 is 5.29. The fourth-order valence-corrected chi connectivity index (χ4v) is 3.19. The molecule has 3 fully saturated rings. The molecule has 0 spiro atoms. The van der Waals surface area contributed by atoms with Gasteiger partial charge < -0.3 is 15.8 Å². The molecule has 2 bridgehead atoms. The lowest BCUT2D eigenvalue weighted by Crippen LogP contribution is -2.56. The van der Waals surface area contributed by atoms with Gasteiger partial charge in [0.2, 0.25) is 0 Å². The summed E-state index contributed by atoms with van der Waals surface area (Å²) >= 11 is 0. The van der Waals surface area contributed by atoms with Crippen LogP contribution in [0.1, 0.15) is 46.5 Å².